The van der Waals surface area contributed by atoms with E-state index in [4.69, 9.17) is 35.9 Å². The monoisotopic (exact) mass is 267 g/mol. The van der Waals surface area contributed by atoms with Gasteiger partial charge in [0.2, 0.25) is 0 Å². The van der Waals surface area contributed by atoms with E-state index >= 15 is 0 Å². The van der Waals surface area contributed by atoms with Crippen molar-refractivity contribution in [1.82, 2.24) is 4.57 Å². The topological polar surface area (TPSA) is 57.0 Å². The molecule has 3 nitrogen and oxygen atoms in total. The lowest BCUT2D eigenvalue weighted by molar-refractivity contribution is 1.08. The lowest BCUT2D eigenvalue weighted by atomic mass is 10.3. The van der Waals surface area contributed by atoms with Gasteiger partial charge in [0, 0.05) is 5.69 Å². The first-order valence-corrected chi connectivity index (χ1v) is 6.11. The van der Waals surface area contributed by atoms with Crippen molar-refractivity contribution < 1.29 is 0 Å². The zero-order valence-corrected chi connectivity index (χ0v) is 10.7. The Bertz CT molecular complexity index is 583. The number of hydrogen-bond acceptors (Lipinski definition) is 4. The Morgan fingerprint density at radius 2 is 1.88 bits per heavy atom. The predicted molar refractivity (Wildman–Crippen MR) is 74.8 cm³/mol. The molecule has 0 saturated heterocycles. The zero-order valence-electron chi connectivity index (χ0n) is 8.21. The number of nitrogen functional groups attached to an aromatic ring is 1. The average molecular weight is 267 g/mol. The number of hydrogen-bond donors (Lipinski definition) is 2. The normalized spacial score (nSPS) is 10.2. The lowest BCUT2D eigenvalue weighted by Crippen LogP contribution is -2.11. The number of anilines is 1. The lowest BCUT2D eigenvalue weighted by Gasteiger charge is -2.05. The molecule has 4 N–H and O–H groups in total. The highest BCUT2D eigenvalue weighted by atomic mass is 32.1. The number of nitrogens with two attached hydrogens (primary N) is 2. The molecule has 0 amide bonds. The molecule has 2 rings (SSSR count). The minimum absolute atomic E-state index is 0.281. The minimum Gasteiger partial charge on any atom is -0.389 e. The SMILES string of the molecule is NC(=S)c1sc(=S)n(-c2ccccc2)c1N. The summed E-state index contributed by atoms with van der Waals surface area (Å²) in [6, 6.07) is 9.65. The highest BCUT2D eigenvalue weighted by Crippen LogP contribution is 2.25. The first kappa shape index (κ1) is 11.3. The highest BCUT2D eigenvalue weighted by molar-refractivity contribution is 7.81. The fraction of sp³-hybridized carbons (Fsp3) is 0. The summed E-state index contributed by atoms with van der Waals surface area (Å²) in [6.07, 6.45) is 0. The van der Waals surface area contributed by atoms with Crippen LogP contribution in [-0.4, -0.2) is 9.56 Å². The van der Waals surface area contributed by atoms with Gasteiger partial charge < -0.3 is 11.5 Å². The molecule has 0 fully saturated rings. The number of benzene rings is 1. The van der Waals surface area contributed by atoms with Gasteiger partial charge in [0.15, 0.2) is 3.95 Å². The van der Waals surface area contributed by atoms with Crippen LogP contribution in [0.2, 0.25) is 0 Å². The molecule has 0 unspecified atom stereocenters. The number of thiocarbonyl (C=S) groups is 1. The van der Waals surface area contributed by atoms with Crippen molar-refractivity contribution in [2.75, 3.05) is 5.73 Å². The summed E-state index contributed by atoms with van der Waals surface area (Å²) in [6.45, 7) is 0. The van der Waals surface area contributed by atoms with E-state index in [0.29, 0.717) is 14.6 Å². The number of thiazole rings is 1. The summed E-state index contributed by atoms with van der Waals surface area (Å²) in [5, 5.41) is 0. The van der Waals surface area contributed by atoms with Crippen LogP contribution < -0.4 is 11.5 Å². The quantitative estimate of drug-likeness (QED) is 0.821. The molecule has 0 aliphatic carbocycles. The van der Waals surface area contributed by atoms with Gasteiger partial charge in [-0.05, 0) is 24.4 Å². The van der Waals surface area contributed by atoms with Gasteiger partial charge in [0.1, 0.15) is 15.7 Å². The van der Waals surface area contributed by atoms with E-state index in [0.717, 1.165) is 5.69 Å². The maximum absolute atomic E-state index is 5.98. The molecule has 1 heterocycles. The second-order valence-electron chi connectivity index (χ2n) is 3.12. The number of nitrogens with zero attached hydrogens (tertiary/aromatic N) is 1. The van der Waals surface area contributed by atoms with Crippen LogP contribution in [0.4, 0.5) is 5.82 Å². The summed E-state index contributed by atoms with van der Waals surface area (Å²) >= 11 is 11.5. The van der Waals surface area contributed by atoms with E-state index in [1.165, 1.54) is 11.3 Å². The standard InChI is InChI=1S/C10H9N3S3/c11-8-7(9(12)14)16-10(15)13(8)6-4-2-1-3-5-6/h1-5H,11H2,(H2,12,14). The third kappa shape index (κ3) is 1.87. The third-order valence-electron chi connectivity index (χ3n) is 2.08. The van der Waals surface area contributed by atoms with Crippen LogP contribution in [-0.2, 0) is 0 Å². The molecule has 0 atom stereocenters. The average Bonchev–Trinajstić information content (AvgIpc) is 2.56. The van der Waals surface area contributed by atoms with Gasteiger partial charge >= 0.3 is 0 Å². The Labute approximate surface area is 107 Å². The summed E-state index contributed by atoms with van der Waals surface area (Å²) in [5.74, 6) is 0.508. The van der Waals surface area contributed by atoms with Crippen molar-refractivity contribution in [2.24, 2.45) is 5.73 Å². The first-order chi connectivity index (χ1) is 7.61. The molecule has 1 aromatic heterocycles. The zero-order chi connectivity index (χ0) is 11.7. The van der Waals surface area contributed by atoms with Gasteiger partial charge in [-0.25, -0.2) is 0 Å². The maximum atomic E-state index is 5.98. The fourth-order valence-electron chi connectivity index (χ4n) is 1.38. The Kier molecular flexibility index (Phi) is 3.04. The van der Waals surface area contributed by atoms with Crippen LogP contribution in [0.5, 0.6) is 0 Å². The van der Waals surface area contributed by atoms with Crippen LogP contribution in [0.25, 0.3) is 5.69 Å². The van der Waals surface area contributed by atoms with E-state index in [1.807, 2.05) is 30.3 Å². The predicted octanol–water partition coefficient (Wildman–Crippen LogP) is 2.48. The minimum atomic E-state index is 0.281. The van der Waals surface area contributed by atoms with Crippen molar-refractivity contribution in [3.8, 4) is 5.69 Å². The van der Waals surface area contributed by atoms with Gasteiger partial charge in [-0.15, -0.1) is 0 Å². The molecule has 16 heavy (non-hydrogen) atoms. The molecule has 0 aliphatic rings. The van der Waals surface area contributed by atoms with Gasteiger partial charge in [0.25, 0.3) is 0 Å². The maximum Gasteiger partial charge on any atom is 0.168 e. The molecular formula is C10H9N3S3. The van der Waals surface area contributed by atoms with Crippen LogP contribution in [0.3, 0.4) is 0 Å². The number of rotatable bonds is 2. The van der Waals surface area contributed by atoms with Gasteiger partial charge in [-0.3, -0.25) is 4.57 Å². The van der Waals surface area contributed by atoms with E-state index < -0.39 is 0 Å². The smallest absolute Gasteiger partial charge is 0.168 e. The van der Waals surface area contributed by atoms with Crippen LogP contribution in [0, 0.1) is 3.95 Å². The summed E-state index contributed by atoms with van der Waals surface area (Å²) in [7, 11) is 0. The second-order valence-corrected chi connectivity index (χ2v) is 5.20. The van der Waals surface area contributed by atoms with Crippen molar-refractivity contribution >= 4 is 46.6 Å². The number of aromatic nitrogens is 1. The van der Waals surface area contributed by atoms with E-state index in [2.05, 4.69) is 0 Å². The summed E-state index contributed by atoms with van der Waals surface area (Å²) in [4.78, 5) is 0.951. The molecule has 6 heteroatoms. The third-order valence-corrected chi connectivity index (χ3v) is 3.84. The molecule has 82 valence electrons. The van der Waals surface area contributed by atoms with E-state index in [1.54, 1.807) is 4.57 Å². The molecule has 0 saturated carbocycles. The molecule has 0 radical (unpaired) electrons. The Balaban J connectivity index is 2.68. The van der Waals surface area contributed by atoms with Crippen LogP contribution in [0.1, 0.15) is 4.88 Å². The largest absolute Gasteiger partial charge is 0.389 e. The second kappa shape index (κ2) is 4.32. The Morgan fingerprint density at radius 1 is 1.25 bits per heavy atom. The Morgan fingerprint density at radius 3 is 2.38 bits per heavy atom. The fourth-order valence-corrected chi connectivity index (χ4v) is 2.83. The summed E-state index contributed by atoms with van der Waals surface area (Å²) < 4.78 is 2.42. The molecular weight excluding hydrogens is 258 g/mol. The number of para-hydroxylation sites is 1. The van der Waals surface area contributed by atoms with Gasteiger partial charge in [-0.1, -0.05) is 41.8 Å². The van der Waals surface area contributed by atoms with Gasteiger partial charge in [-0.2, -0.15) is 0 Å². The van der Waals surface area contributed by atoms with Crippen molar-refractivity contribution in [2.45, 2.75) is 0 Å². The highest BCUT2D eigenvalue weighted by Gasteiger charge is 2.12. The van der Waals surface area contributed by atoms with Crippen LogP contribution in [0.15, 0.2) is 30.3 Å². The molecule has 0 aliphatic heterocycles. The van der Waals surface area contributed by atoms with Gasteiger partial charge in [0.05, 0.1) is 0 Å². The van der Waals surface area contributed by atoms with Crippen molar-refractivity contribution in [1.29, 1.82) is 0 Å². The molecule has 1 aromatic carbocycles. The molecule has 2 aromatic rings. The first-order valence-electron chi connectivity index (χ1n) is 4.48. The van der Waals surface area contributed by atoms with E-state index in [-0.39, 0.29) is 4.99 Å². The Hall–Kier alpha value is -1.24. The van der Waals surface area contributed by atoms with E-state index in [9.17, 15) is 0 Å². The molecule has 0 bridgehead atoms. The van der Waals surface area contributed by atoms with Crippen molar-refractivity contribution in [3.63, 3.8) is 0 Å². The van der Waals surface area contributed by atoms with Crippen molar-refractivity contribution in [3.05, 3.63) is 39.2 Å². The van der Waals surface area contributed by atoms with Crippen LogP contribution >= 0.6 is 35.8 Å². The summed E-state index contributed by atoms with van der Waals surface area (Å²) in [5.41, 5.74) is 12.5. The molecule has 0 spiro atoms.